The van der Waals surface area contributed by atoms with Gasteiger partial charge in [0.25, 0.3) is 5.56 Å². The predicted octanol–water partition coefficient (Wildman–Crippen LogP) is 3.07. The minimum absolute atomic E-state index is 0.0373. The third-order valence-corrected chi connectivity index (χ3v) is 4.68. The molecule has 1 N–H and O–H groups in total. The smallest absolute Gasteiger partial charge is 0.254 e. The molecule has 21 heavy (non-hydrogen) atoms. The van der Waals surface area contributed by atoms with Crippen molar-refractivity contribution in [3.63, 3.8) is 0 Å². The lowest BCUT2D eigenvalue weighted by Gasteiger charge is -2.10. The molecule has 4 nitrogen and oxygen atoms in total. The molecule has 3 rings (SSSR count). The van der Waals surface area contributed by atoms with Crippen LogP contribution < -0.4 is 5.56 Å². The van der Waals surface area contributed by atoms with Gasteiger partial charge < -0.3 is 4.98 Å². The van der Waals surface area contributed by atoms with Crippen molar-refractivity contribution in [1.82, 2.24) is 15.0 Å². The van der Waals surface area contributed by atoms with E-state index >= 15 is 0 Å². The number of hydrogen-bond donors (Lipinski definition) is 1. The molecular weight excluding hydrogens is 282 g/mol. The molecule has 0 fully saturated rings. The number of thioether (sulfide) groups is 1. The SMILES string of the molecule is CC(C)c1ncccc1CSc1nc2c(c(=O)[nH]1)CCC2. The normalized spacial score (nSPS) is 13.7. The lowest BCUT2D eigenvalue weighted by Crippen LogP contribution is -2.15. The highest BCUT2D eigenvalue weighted by atomic mass is 32.2. The van der Waals surface area contributed by atoms with Crippen molar-refractivity contribution in [3.8, 4) is 0 Å². The molecule has 2 heterocycles. The van der Waals surface area contributed by atoms with E-state index < -0.39 is 0 Å². The van der Waals surface area contributed by atoms with E-state index in [4.69, 9.17) is 0 Å². The number of pyridine rings is 1. The highest BCUT2D eigenvalue weighted by Crippen LogP contribution is 2.25. The van der Waals surface area contributed by atoms with Gasteiger partial charge in [0.05, 0.1) is 5.69 Å². The molecule has 2 aromatic heterocycles. The summed E-state index contributed by atoms with van der Waals surface area (Å²) in [5, 5.41) is 0.721. The molecule has 1 aliphatic carbocycles. The molecule has 0 amide bonds. The number of nitrogens with one attached hydrogen (secondary N) is 1. The Labute approximate surface area is 128 Å². The fraction of sp³-hybridized carbons (Fsp3) is 0.438. The summed E-state index contributed by atoms with van der Waals surface area (Å²) in [7, 11) is 0. The zero-order valence-electron chi connectivity index (χ0n) is 12.3. The van der Waals surface area contributed by atoms with E-state index in [0.717, 1.165) is 47.1 Å². The molecule has 0 aliphatic heterocycles. The highest BCUT2D eigenvalue weighted by Gasteiger charge is 2.17. The molecule has 0 spiro atoms. The first kappa shape index (κ1) is 14.3. The maximum atomic E-state index is 12.0. The molecule has 5 heteroatoms. The summed E-state index contributed by atoms with van der Waals surface area (Å²) >= 11 is 1.58. The van der Waals surface area contributed by atoms with E-state index in [0.29, 0.717) is 5.92 Å². The first-order valence-corrected chi connectivity index (χ1v) is 8.32. The summed E-state index contributed by atoms with van der Waals surface area (Å²) in [6.45, 7) is 4.29. The van der Waals surface area contributed by atoms with Crippen LogP contribution in [0, 0.1) is 0 Å². The molecule has 0 radical (unpaired) electrons. The van der Waals surface area contributed by atoms with Crippen molar-refractivity contribution in [2.24, 2.45) is 0 Å². The van der Waals surface area contributed by atoms with Crippen LogP contribution in [-0.2, 0) is 18.6 Å². The second kappa shape index (κ2) is 6.02. The standard InChI is InChI=1S/C16H19N3OS/c1-10(2)14-11(5-4-8-17-14)9-21-16-18-13-7-3-6-12(13)15(20)19-16/h4-5,8,10H,3,6-7,9H2,1-2H3,(H,18,19,20). The molecule has 0 bridgehead atoms. The first-order valence-electron chi connectivity index (χ1n) is 7.34. The van der Waals surface area contributed by atoms with Gasteiger partial charge in [-0.25, -0.2) is 4.98 Å². The Bertz CT molecular complexity index is 709. The maximum absolute atomic E-state index is 12.0. The third kappa shape index (κ3) is 3.02. The summed E-state index contributed by atoms with van der Waals surface area (Å²) in [5.41, 5.74) is 4.23. The minimum Gasteiger partial charge on any atom is -0.301 e. The number of rotatable bonds is 4. The maximum Gasteiger partial charge on any atom is 0.254 e. The van der Waals surface area contributed by atoms with E-state index in [1.54, 1.807) is 11.8 Å². The van der Waals surface area contributed by atoms with Crippen LogP contribution in [0.5, 0.6) is 0 Å². The molecule has 110 valence electrons. The van der Waals surface area contributed by atoms with E-state index in [-0.39, 0.29) is 5.56 Å². The van der Waals surface area contributed by atoms with Crippen LogP contribution >= 0.6 is 11.8 Å². The zero-order valence-corrected chi connectivity index (χ0v) is 13.2. The van der Waals surface area contributed by atoms with E-state index in [9.17, 15) is 4.79 Å². The zero-order chi connectivity index (χ0) is 14.8. The Balaban J connectivity index is 1.80. The number of fused-ring (bicyclic) bond motifs is 1. The quantitative estimate of drug-likeness (QED) is 0.696. The van der Waals surface area contributed by atoms with Crippen LogP contribution in [0.3, 0.4) is 0 Å². The fourth-order valence-electron chi connectivity index (χ4n) is 2.73. The summed E-state index contributed by atoms with van der Waals surface area (Å²) in [4.78, 5) is 24.0. The van der Waals surface area contributed by atoms with E-state index in [1.165, 1.54) is 5.56 Å². The summed E-state index contributed by atoms with van der Waals surface area (Å²) < 4.78 is 0. The Morgan fingerprint density at radius 3 is 3.05 bits per heavy atom. The van der Waals surface area contributed by atoms with Gasteiger partial charge in [-0.15, -0.1) is 0 Å². The minimum atomic E-state index is 0.0373. The summed E-state index contributed by atoms with van der Waals surface area (Å²) in [6, 6.07) is 4.06. The van der Waals surface area contributed by atoms with Crippen LogP contribution in [0.2, 0.25) is 0 Å². The van der Waals surface area contributed by atoms with Crippen molar-refractivity contribution < 1.29 is 0 Å². The number of nitrogens with zero attached hydrogens (tertiary/aromatic N) is 2. The predicted molar refractivity (Wildman–Crippen MR) is 84.8 cm³/mol. The van der Waals surface area contributed by atoms with Gasteiger partial charge in [-0.2, -0.15) is 0 Å². The van der Waals surface area contributed by atoms with Gasteiger partial charge in [-0.05, 0) is 36.8 Å². The van der Waals surface area contributed by atoms with Crippen molar-refractivity contribution in [3.05, 3.63) is 51.2 Å². The van der Waals surface area contributed by atoms with Gasteiger partial charge in [0.15, 0.2) is 5.16 Å². The van der Waals surface area contributed by atoms with Gasteiger partial charge >= 0.3 is 0 Å². The second-order valence-corrected chi connectivity index (χ2v) is 6.61. The molecule has 2 aromatic rings. The molecule has 1 aliphatic rings. The summed E-state index contributed by atoms with van der Waals surface area (Å²) in [6.07, 6.45) is 4.67. The highest BCUT2D eigenvalue weighted by molar-refractivity contribution is 7.98. The Morgan fingerprint density at radius 2 is 2.24 bits per heavy atom. The van der Waals surface area contributed by atoms with Crippen LogP contribution in [-0.4, -0.2) is 15.0 Å². The largest absolute Gasteiger partial charge is 0.301 e. The van der Waals surface area contributed by atoms with Crippen molar-refractivity contribution >= 4 is 11.8 Å². The average Bonchev–Trinajstić information content (AvgIpc) is 2.94. The van der Waals surface area contributed by atoms with Crippen molar-refractivity contribution in [2.75, 3.05) is 0 Å². The Hall–Kier alpha value is -1.62. The lowest BCUT2D eigenvalue weighted by molar-refractivity contribution is 0.809. The number of H-pyrrole nitrogens is 1. The van der Waals surface area contributed by atoms with Crippen LogP contribution in [0.1, 0.15) is 48.7 Å². The van der Waals surface area contributed by atoms with Gasteiger partial charge in [-0.1, -0.05) is 31.7 Å². The van der Waals surface area contributed by atoms with Gasteiger partial charge in [0, 0.05) is 23.2 Å². The molecule has 0 atom stereocenters. The molecular formula is C16H19N3OS. The molecule has 0 saturated carbocycles. The van der Waals surface area contributed by atoms with Crippen LogP contribution in [0.25, 0.3) is 0 Å². The third-order valence-electron chi connectivity index (χ3n) is 3.76. The fourth-order valence-corrected chi connectivity index (χ4v) is 3.60. The van der Waals surface area contributed by atoms with E-state index in [1.807, 2.05) is 12.3 Å². The van der Waals surface area contributed by atoms with E-state index in [2.05, 4.69) is 34.9 Å². The number of aryl methyl sites for hydroxylation is 1. The first-order chi connectivity index (χ1) is 10.1. The monoisotopic (exact) mass is 301 g/mol. The summed E-state index contributed by atoms with van der Waals surface area (Å²) in [5.74, 6) is 1.18. The number of aromatic amines is 1. The lowest BCUT2D eigenvalue weighted by atomic mass is 10.1. The number of hydrogen-bond acceptors (Lipinski definition) is 4. The van der Waals surface area contributed by atoms with Gasteiger partial charge in [-0.3, -0.25) is 9.78 Å². The Kier molecular flexibility index (Phi) is 4.10. The van der Waals surface area contributed by atoms with Crippen molar-refractivity contribution in [1.29, 1.82) is 0 Å². The second-order valence-electron chi connectivity index (χ2n) is 5.64. The average molecular weight is 301 g/mol. The molecule has 0 aromatic carbocycles. The Morgan fingerprint density at radius 1 is 1.38 bits per heavy atom. The topological polar surface area (TPSA) is 58.6 Å². The van der Waals surface area contributed by atoms with Crippen LogP contribution in [0.4, 0.5) is 0 Å². The van der Waals surface area contributed by atoms with Gasteiger partial charge in [0.1, 0.15) is 0 Å². The molecule has 0 unspecified atom stereocenters. The van der Waals surface area contributed by atoms with Crippen LogP contribution in [0.15, 0.2) is 28.3 Å². The van der Waals surface area contributed by atoms with Crippen molar-refractivity contribution in [2.45, 2.75) is 49.9 Å². The molecule has 0 saturated heterocycles. The van der Waals surface area contributed by atoms with Gasteiger partial charge in [0.2, 0.25) is 0 Å². The number of aromatic nitrogens is 3.